The molecule has 0 bridgehead atoms. The number of halogens is 1. The van der Waals surface area contributed by atoms with Crippen molar-refractivity contribution in [2.24, 2.45) is 0 Å². The first-order valence-electron chi connectivity index (χ1n) is 6.80. The maximum atomic E-state index is 12.1. The minimum absolute atomic E-state index is 0.0404. The molecule has 0 heterocycles. The minimum atomic E-state index is -0.667. The molecular weight excluding hydrogens is 393 g/mol. The molecule has 22 heavy (non-hydrogen) atoms. The third kappa shape index (κ3) is 4.56. The van der Waals surface area contributed by atoms with Crippen LogP contribution in [0.4, 0.5) is 5.69 Å². The highest BCUT2D eigenvalue weighted by atomic mass is 127. The first-order chi connectivity index (χ1) is 10.5. The molecule has 0 aliphatic rings. The van der Waals surface area contributed by atoms with Crippen molar-refractivity contribution in [2.45, 2.75) is 20.0 Å². The van der Waals surface area contributed by atoms with Gasteiger partial charge in [0.05, 0.1) is 0 Å². The van der Waals surface area contributed by atoms with Crippen molar-refractivity contribution in [3.63, 3.8) is 0 Å². The van der Waals surface area contributed by atoms with Crippen molar-refractivity contribution in [1.29, 1.82) is 0 Å². The summed E-state index contributed by atoms with van der Waals surface area (Å²) in [4.78, 5) is 23.5. The number of Topliss-reactive ketones (excluding diaryl/α,β-unsaturated/α-hetero) is 1. The molecule has 0 saturated heterocycles. The van der Waals surface area contributed by atoms with Crippen LogP contribution in [0.5, 0.6) is 5.75 Å². The second-order valence-electron chi connectivity index (χ2n) is 4.84. The standard InChI is InChI=1S/C17H16INO3/c1-11(20)13-5-3-8-16(9-13)22-12(2)17(21)19-15-7-4-6-14(18)10-15/h3-10,12H,1-2H3,(H,19,21)/t12-/m0/s1. The molecule has 1 amide bonds. The highest BCUT2D eigenvalue weighted by molar-refractivity contribution is 14.1. The van der Waals surface area contributed by atoms with E-state index in [1.165, 1.54) is 6.92 Å². The lowest BCUT2D eigenvalue weighted by Gasteiger charge is -2.15. The molecule has 114 valence electrons. The Balaban J connectivity index is 2.02. The fourth-order valence-electron chi connectivity index (χ4n) is 1.86. The molecule has 1 atom stereocenters. The van der Waals surface area contributed by atoms with Gasteiger partial charge in [0.2, 0.25) is 0 Å². The van der Waals surface area contributed by atoms with Crippen molar-refractivity contribution in [1.82, 2.24) is 0 Å². The number of hydrogen-bond acceptors (Lipinski definition) is 3. The summed E-state index contributed by atoms with van der Waals surface area (Å²) in [5.41, 5.74) is 1.28. The van der Waals surface area contributed by atoms with Crippen LogP contribution in [-0.4, -0.2) is 17.8 Å². The molecule has 1 N–H and O–H groups in total. The summed E-state index contributed by atoms with van der Waals surface area (Å²) in [6.45, 7) is 3.16. The number of anilines is 1. The van der Waals surface area contributed by atoms with E-state index < -0.39 is 6.10 Å². The second kappa shape index (κ2) is 7.40. The Kier molecular flexibility index (Phi) is 5.54. The molecule has 0 aromatic heterocycles. The molecule has 0 aliphatic carbocycles. The van der Waals surface area contributed by atoms with Crippen LogP contribution >= 0.6 is 22.6 Å². The van der Waals surface area contributed by atoms with Crippen molar-refractivity contribution in [3.05, 3.63) is 57.7 Å². The van der Waals surface area contributed by atoms with Gasteiger partial charge in [-0.1, -0.05) is 18.2 Å². The normalized spacial score (nSPS) is 11.6. The van der Waals surface area contributed by atoms with Gasteiger partial charge in [0.1, 0.15) is 5.75 Å². The fraction of sp³-hybridized carbons (Fsp3) is 0.176. The Morgan fingerprint density at radius 1 is 1.14 bits per heavy atom. The molecule has 2 rings (SSSR count). The van der Waals surface area contributed by atoms with Gasteiger partial charge in [-0.3, -0.25) is 9.59 Å². The molecule has 0 fully saturated rings. The van der Waals surface area contributed by atoms with Gasteiger partial charge in [-0.25, -0.2) is 0 Å². The van der Waals surface area contributed by atoms with Crippen LogP contribution in [0.1, 0.15) is 24.2 Å². The lowest BCUT2D eigenvalue weighted by atomic mass is 10.1. The Hall–Kier alpha value is -1.89. The fourth-order valence-corrected chi connectivity index (χ4v) is 2.40. The Bertz CT molecular complexity index is 700. The van der Waals surface area contributed by atoms with Crippen LogP contribution in [0.2, 0.25) is 0 Å². The topological polar surface area (TPSA) is 55.4 Å². The second-order valence-corrected chi connectivity index (χ2v) is 6.09. The van der Waals surface area contributed by atoms with E-state index >= 15 is 0 Å². The maximum Gasteiger partial charge on any atom is 0.265 e. The highest BCUT2D eigenvalue weighted by Gasteiger charge is 2.15. The maximum absolute atomic E-state index is 12.1. The first kappa shape index (κ1) is 16.5. The van der Waals surface area contributed by atoms with E-state index in [-0.39, 0.29) is 11.7 Å². The molecule has 4 nitrogen and oxygen atoms in total. The molecule has 5 heteroatoms. The van der Waals surface area contributed by atoms with E-state index in [1.54, 1.807) is 31.2 Å². The van der Waals surface area contributed by atoms with Gasteiger partial charge in [-0.2, -0.15) is 0 Å². The van der Waals surface area contributed by atoms with E-state index in [0.717, 1.165) is 9.26 Å². The predicted octanol–water partition coefficient (Wildman–Crippen LogP) is 3.90. The number of hydrogen-bond donors (Lipinski definition) is 1. The lowest BCUT2D eigenvalue weighted by Crippen LogP contribution is -2.30. The Morgan fingerprint density at radius 3 is 2.55 bits per heavy atom. The van der Waals surface area contributed by atoms with Gasteiger partial charge in [-0.15, -0.1) is 0 Å². The van der Waals surface area contributed by atoms with Crippen LogP contribution in [0.3, 0.4) is 0 Å². The van der Waals surface area contributed by atoms with E-state index in [4.69, 9.17) is 4.74 Å². The lowest BCUT2D eigenvalue weighted by molar-refractivity contribution is -0.122. The van der Waals surface area contributed by atoms with Gasteiger partial charge < -0.3 is 10.1 Å². The molecule has 0 radical (unpaired) electrons. The van der Waals surface area contributed by atoms with E-state index in [0.29, 0.717) is 11.3 Å². The monoisotopic (exact) mass is 409 g/mol. The van der Waals surface area contributed by atoms with Crippen LogP contribution in [-0.2, 0) is 4.79 Å². The molecule has 2 aromatic carbocycles. The number of rotatable bonds is 5. The average Bonchev–Trinajstić information content (AvgIpc) is 2.47. The van der Waals surface area contributed by atoms with E-state index in [1.807, 2.05) is 24.3 Å². The first-order valence-corrected chi connectivity index (χ1v) is 7.87. The molecule has 0 aliphatic heterocycles. The van der Waals surface area contributed by atoms with Crippen LogP contribution in [0, 0.1) is 3.57 Å². The zero-order valence-electron chi connectivity index (χ0n) is 12.3. The van der Waals surface area contributed by atoms with Crippen molar-refractivity contribution >= 4 is 40.0 Å². The quantitative estimate of drug-likeness (QED) is 0.602. The van der Waals surface area contributed by atoms with Crippen molar-refractivity contribution < 1.29 is 14.3 Å². The predicted molar refractivity (Wildman–Crippen MR) is 94.3 cm³/mol. The van der Waals surface area contributed by atoms with Gasteiger partial charge in [0.15, 0.2) is 11.9 Å². The Morgan fingerprint density at radius 2 is 1.86 bits per heavy atom. The summed E-state index contributed by atoms with van der Waals surface area (Å²) in [5.74, 6) is 0.217. The minimum Gasteiger partial charge on any atom is -0.481 e. The molecule has 0 spiro atoms. The molecule has 0 unspecified atom stereocenters. The van der Waals surface area contributed by atoms with E-state index in [9.17, 15) is 9.59 Å². The number of benzene rings is 2. The van der Waals surface area contributed by atoms with Crippen LogP contribution in [0.15, 0.2) is 48.5 Å². The largest absolute Gasteiger partial charge is 0.481 e. The zero-order valence-corrected chi connectivity index (χ0v) is 14.5. The van der Waals surface area contributed by atoms with Gasteiger partial charge in [0, 0.05) is 14.8 Å². The van der Waals surface area contributed by atoms with Crippen molar-refractivity contribution in [2.75, 3.05) is 5.32 Å². The molecule has 2 aromatic rings. The summed E-state index contributed by atoms with van der Waals surface area (Å²) in [6.07, 6.45) is -0.667. The van der Waals surface area contributed by atoms with Gasteiger partial charge in [0.25, 0.3) is 5.91 Å². The summed E-state index contributed by atoms with van der Waals surface area (Å²) in [6, 6.07) is 14.3. The Labute approximate surface area is 143 Å². The van der Waals surface area contributed by atoms with Gasteiger partial charge in [-0.05, 0) is 66.8 Å². The number of carbonyl (C=O) groups excluding carboxylic acids is 2. The number of carbonyl (C=O) groups is 2. The smallest absolute Gasteiger partial charge is 0.265 e. The molecular formula is C17H16INO3. The third-order valence-corrected chi connectivity index (χ3v) is 3.69. The molecule has 0 saturated carbocycles. The zero-order chi connectivity index (χ0) is 16.1. The summed E-state index contributed by atoms with van der Waals surface area (Å²) in [7, 11) is 0. The number of nitrogens with one attached hydrogen (secondary N) is 1. The third-order valence-electron chi connectivity index (χ3n) is 3.01. The van der Waals surface area contributed by atoms with Gasteiger partial charge >= 0.3 is 0 Å². The van der Waals surface area contributed by atoms with Crippen LogP contribution < -0.4 is 10.1 Å². The summed E-state index contributed by atoms with van der Waals surface area (Å²) in [5, 5.41) is 2.80. The summed E-state index contributed by atoms with van der Waals surface area (Å²) < 4.78 is 6.64. The number of ketones is 1. The average molecular weight is 409 g/mol. The SMILES string of the molecule is CC(=O)c1cccc(O[C@@H](C)C(=O)Nc2cccc(I)c2)c1. The number of amides is 1. The van der Waals surface area contributed by atoms with Crippen molar-refractivity contribution in [3.8, 4) is 5.75 Å². The van der Waals surface area contributed by atoms with E-state index in [2.05, 4.69) is 27.9 Å². The van der Waals surface area contributed by atoms with Crippen LogP contribution in [0.25, 0.3) is 0 Å². The highest BCUT2D eigenvalue weighted by Crippen LogP contribution is 2.17. The summed E-state index contributed by atoms with van der Waals surface area (Å²) >= 11 is 2.18. The number of ether oxygens (including phenoxy) is 1.